The number of hydrogen-bond acceptors (Lipinski definition) is 2. The highest BCUT2D eigenvalue weighted by molar-refractivity contribution is 5.85. The molecule has 0 radical (unpaired) electrons. The van der Waals surface area contributed by atoms with Gasteiger partial charge < -0.3 is 5.11 Å². The van der Waals surface area contributed by atoms with Gasteiger partial charge in [-0.3, -0.25) is 4.98 Å². The van der Waals surface area contributed by atoms with Crippen molar-refractivity contribution in [2.45, 2.75) is 77.7 Å². The Balaban J connectivity index is 0.00000261. The van der Waals surface area contributed by atoms with Crippen molar-refractivity contribution in [2.75, 3.05) is 0 Å². The van der Waals surface area contributed by atoms with Gasteiger partial charge in [0.05, 0.1) is 6.10 Å². The van der Waals surface area contributed by atoms with Crippen molar-refractivity contribution in [2.24, 2.45) is 5.41 Å². The number of aliphatic hydroxyl groups excluding tert-OH is 1. The lowest BCUT2D eigenvalue weighted by molar-refractivity contribution is 0.0634. The minimum absolute atomic E-state index is 0. The van der Waals surface area contributed by atoms with E-state index in [1.807, 2.05) is 0 Å². The number of hydrogen-bond donors (Lipinski definition) is 1. The molecular formula is C24H34ClNO. The molecule has 0 saturated carbocycles. The van der Waals surface area contributed by atoms with E-state index in [1.54, 1.807) is 0 Å². The SMILES string of the molecule is CCCCC1(CCCC)Cc2nc(Cc3ccccc3)ccc2C(O)C1.Cl. The Hall–Kier alpha value is -1.38. The van der Waals surface area contributed by atoms with Crippen LogP contribution >= 0.6 is 12.4 Å². The highest BCUT2D eigenvalue weighted by Gasteiger charge is 2.38. The maximum atomic E-state index is 10.8. The number of aromatic nitrogens is 1. The van der Waals surface area contributed by atoms with Gasteiger partial charge >= 0.3 is 0 Å². The van der Waals surface area contributed by atoms with Crippen LogP contribution in [0.4, 0.5) is 0 Å². The molecule has 0 aliphatic heterocycles. The van der Waals surface area contributed by atoms with Crippen LogP contribution in [-0.4, -0.2) is 10.1 Å². The third kappa shape index (κ3) is 5.56. The van der Waals surface area contributed by atoms with Crippen molar-refractivity contribution < 1.29 is 5.11 Å². The maximum absolute atomic E-state index is 10.8. The Labute approximate surface area is 170 Å². The predicted molar refractivity (Wildman–Crippen MR) is 115 cm³/mol. The minimum Gasteiger partial charge on any atom is -0.388 e. The molecule has 1 aliphatic carbocycles. The zero-order valence-electron chi connectivity index (χ0n) is 16.8. The van der Waals surface area contributed by atoms with E-state index in [1.165, 1.54) is 44.1 Å². The summed E-state index contributed by atoms with van der Waals surface area (Å²) >= 11 is 0. The fraction of sp³-hybridized carbons (Fsp3) is 0.542. The lowest BCUT2D eigenvalue weighted by atomic mass is 9.66. The first-order valence-corrected chi connectivity index (χ1v) is 10.4. The summed E-state index contributed by atoms with van der Waals surface area (Å²) in [4.78, 5) is 5.01. The maximum Gasteiger partial charge on any atom is 0.0813 e. The molecule has 0 saturated heterocycles. The van der Waals surface area contributed by atoms with Gasteiger partial charge in [-0.1, -0.05) is 75.9 Å². The third-order valence-electron chi connectivity index (χ3n) is 5.94. The zero-order valence-corrected chi connectivity index (χ0v) is 17.6. The van der Waals surface area contributed by atoms with Gasteiger partial charge in [0.2, 0.25) is 0 Å². The number of halogens is 1. The van der Waals surface area contributed by atoms with Crippen molar-refractivity contribution in [1.82, 2.24) is 4.98 Å². The van der Waals surface area contributed by atoms with Crippen LogP contribution in [0.5, 0.6) is 0 Å². The molecular weight excluding hydrogens is 354 g/mol. The fourth-order valence-corrected chi connectivity index (χ4v) is 4.46. The molecule has 148 valence electrons. The molecule has 1 atom stereocenters. The number of benzene rings is 1. The fourth-order valence-electron chi connectivity index (χ4n) is 4.46. The standard InChI is InChI=1S/C24H33NO.ClH/c1-3-5-14-24(15-6-4-2)17-22-21(23(26)18-24)13-12-20(25-22)16-19-10-8-7-9-11-19;/h7-13,23,26H,3-6,14-18H2,1-2H3;1H. The highest BCUT2D eigenvalue weighted by atomic mass is 35.5. The van der Waals surface area contributed by atoms with Gasteiger partial charge in [0.1, 0.15) is 0 Å². The second-order valence-electron chi connectivity index (χ2n) is 8.10. The second kappa shape index (κ2) is 10.2. The van der Waals surface area contributed by atoms with Crippen molar-refractivity contribution >= 4 is 12.4 Å². The monoisotopic (exact) mass is 387 g/mol. The molecule has 1 N–H and O–H groups in total. The molecule has 2 nitrogen and oxygen atoms in total. The molecule has 0 amide bonds. The van der Waals surface area contributed by atoms with Crippen molar-refractivity contribution in [3.05, 3.63) is 65.0 Å². The first-order chi connectivity index (χ1) is 12.7. The number of pyridine rings is 1. The quantitative estimate of drug-likeness (QED) is 0.565. The minimum atomic E-state index is -0.356. The van der Waals surface area contributed by atoms with Gasteiger partial charge in [0.25, 0.3) is 0 Å². The van der Waals surface area contributed by atoms with Gasteiger partial charge in [-0.25, -0.2) is 0 Å². The summed E-state index contributed by atoms with van der Waals surface area (Å²) in [5.74, 6) is 0. The Morgan fingerprint density at radius 2 is 1.67 bits per heavy atom. The lowest BCUT2D eigenvalue weighted by Crippen LogP contribution is -2.32. The van der Waals surface area contributed by atoms with Crippen LogP contribution in [0.25, 0.3) is 0 Å². The highest BCUT2D eigenvalue weighted by Crippen LogP contribution is 2.47. The van der Waals surface area contributed by atoms with E-state index in [0.29, 0.717) is 0 Å². The molecule has 1 aromatic carbocycles. The van der Waals surface area contributed by atoms with E-state index in [9.17, 15) is 5.11 Å². The van der Waals surface area contributed by atoms with E-state index >= 15 is 0 Å². The van der Waals surface area contributed by atoms with E-state index in [-0.39, 0.29) is 23.9 Å². The predicted octanol–water partition coefficient (Wildman–Crippen LogP) is 6.44. The molecule has 0 fully saturated rings. The van der Waals surface area contributed by atoms with Crippen molar-refractivity contribution in [1.29, 1.82) is 0 Å². The Kier molecular flexibility index (Phi) is 8.31. The average molecular weight is 388 g/mol. The van der Waals surface area contributed by atoms with Gasteiger partial charge in [-0.05, 0) is 42.7 Å². The normalized spacial score (nSPS) is 17.8. The second-order valence-corrected chi connectivity index (χ2v) is 8.10. The molecule has 3 heteroatoms. The first-order valence-electron chi connectivity index (χ1n) is 10.4. The topological polar surface area (TPSA) is 33.1 Å². The molecule has 1 aromatic heterocycles. The molecule has 1 heterocycles. The Morgan fingerprint density at radius 1 is 1.00 bits per heavy atom. The summed E-state index contributed by atoms with van der Waals surface area (Å²) in [5.41, 5.74) is 4.84. The molecule has 1 unspecified atom stereocenters. The van der Waals surface area contributed by atoms with Crippen molar-refractivity contribution in [3.8, 4) is 0 Å². The zero-order chi connectivity index (χ0) is 18.4. The summed E-state index contributed by atoms with van der Waals surface area (Å²) < 4.78 is 0. The van der Waals surface area contributed by atoms with Crippen LogP contribution in [0.3, 0.4) is 0 Å². The van der Waals surface area contributed by atoms with Crippen LogP contribution in [0.15, 0.2) is 42.5 Å². The average Bonchev–Trinajstić information content (AvgIpc) is 2.65. The van der Waals surface area contributed by atoms with Crippen molar-refractivity contribution in [3.63, 3.8) is 0 Å². The van der Waals surface area contributed by atoms with Crippen LogP contribution in [0.2, 0.25) is 0 Å². The number of aliphatic hydroxyl groups is 1. The number of fused-ring (bicyclic) bond motifs is 1. The third-order valence-corrected chi connectivity index (χ3v) is 5.94. The van der Waals surface area contributed by atoms with Crippen LogP contribution in [0, 0.1) is 5.41 Å². The van der Waals surface area contributed by atoms with Gasteiger partial charge in [-0.2, -0.15) is 0 Å². The summed E-state index contributed by atoms with van der Waals surface area (Å²) in [7, 11) is 0. The molecule has 1 aliphatic rings. The lowest BCUT2D eigenvalue weighted by Gasteiger charge is -2.40. The Bertz CT molecular complexity index is 693. The van der Waals surface area contributed by atoms with E-state index in [0.717, 1.165) is 36.2 Å². The number of nitrogens with zero attached hydrogens (tertiary/aromatic N) is 1. The molecule has 0 bridgehead atoms. The van der Waals surface area contributed by atoms with E-state index in [4.69, 9.17) is 4.98 Å². The number of rotatable bonds is 8. The molecule has 3 rings (SSSR count). The smallest absolute Gasteiger partial charge is 0.0813 e. The van der Waals surface area contributed by atoms with Crippen LogP contribution in [-0.2, 0) is 12.8 Å². The summed E-state index contributed by atoms with van der Waals surface area (Å²) in [6, 6.07) is 14.7. The van der Waals surface area contributed by atoms with E-state index < -0.39 is 0 Å². The van der Waals surface area contributed by atoms with Gasteiger partial charge in [0.15, 0.2) is 0 Å². The van der Waals surface area contributed by atoms with Gasteiger partial charge in [-0.15, -0.1) is 12.4 Å². The molecule has 2 aromatic rings. The van der Waals surface area contributed by atoms with Gasteiger partial charge in [0, 0.05) is 23.4 Å². The largest absolute Gasteiger partial charge is 0.388 e. The van der Waals surface area contributed by atoms with Crippen LogP contribution in [0.1, 0.15) is 87.4 Å². The Morgan fingerprint density at radius 3 is 2.30 bits per heavy atom. The van der Waals surface area contributed by atoms with Crippen LogP contribution < -0.4 is 0 Å². The molecule has 0 spiro atoms. The first kappa shape index (κ1) is 21.9. The molecule has 27 heavy (non-hydrogen) atoms. The van der Waals surface area contributed by atoms with E-state index in [2.05, 4.69) is 56.3 Å². The summed E-state index contributed by atoms with van der Waals surface area (Å²) in [6.45, 7) is 4.52. The summed E-state index contributed by atoms with van der Waals surface area (Å²) in [6.07, 6.45) is 9.80. The summed E-state index contributed by atoms with van der Waals surface area (Å²) in [5, 5.41) is 10.8. The number of unbranched alkanes of at least 4 members (excludes halogenated alkanes) is 2.